The van der Waals surface area contributed by atoms with Gasteiger partial charge in [0.15, 0.2) is 5.60 Å². The second kappa shape index (κ2) is 6.76. The number of hydrogen-bond donors (Lipinski definition) is 2. The van der Waals surface area contributed by atoms with E-state index < -0.39 is 11.5 Å². The van der Waals surface area contributed by atoms with Gasteiger partial charge in [0.05, 0.1) is 12.1 Å². The summed E-state index contributed by atoms with van der Waals surface area (Å²) in [5.41, 5.74) is 4.30. The van der Waals surface area contributed by atoms with Crippen molar-refractivity contribution in [3.8, 4) is 0 Å². The molecule has 1 aromatic heterocycles. The number of nitrogens with two attached hydrogens (primary N) is 1. The zero-order valence-electron chi connectivity index (χ0n) is 13.8. The lowest BCUT2D eigenvalue weighted by Gasteiger charge is -2.38. The van der Waals surface area contributed by atoms with Crippen LogP contribution in [0.3, 0.4) is 0 Å². The van der Waals surface area contributed by atoms with Crippen LogP contribution >= 0.6 is 0 Å². The van der Waals surface area contributed by atoms with Crippen molar-refractivity contribution in [2.75, 3.05) is 31.1 Å². The molecule has 2 saturated heterocycles. The van der Waals surface area contributed by atoms with E-state index in [-0.39, 0.29) is 12.5 Å². The summed E-state index contributed by atoms with van der Waals surface area (Å²) in [6, 6.07) is 3.50. The Morgan fingerprint density at radius 1 is 1.17 bits per heavy atom. The molecule has 0 bridgehead atoms. The topological polar surface area (TPSA) is 99.8 Å². The van der Waals surface area contributed by atoms with E-state index in [2.05, 4.69) is 4.98 Å². The lowest BCUT2D eigenvalue weighted by atomic mass is 9.92. The number of pyridine rings is 1. The number of aromatic nitrogens is 1. The third-order valence-electron chi connectivity index (χ3n) is 4.89. The maximum Gasteiger partial charge on any atom is 0.257 e. The molecular weight excluding hydrogens is 308 g/mol. The van der Waals surface area contributed by atoms with Crippen LogP contribution in [0.5, 0.6) is 0 Å². The zero-order chi connectivity index (χ0) is 17.2. The average molecular weight is 332 g/mol. The summed E-state index contributed by atoms with van der Waals surface area (Å²) in [7, 11) is 0. The van der Waals surface area contributed by atoms with Gasteiger partial charge < -0.3 is 20.6 Å². The van der Waals surface area contributed by atoms with Gasteiger partial charge in [-0.1, -0.05) is 0 Å². The van der Waals surface area contributed by atoms with Gasteiger partial charge in [-0.05, 0) is 44.2 Å². The summed E-state index contributed by atoms with van der Waals surface area (Å²) in [6.45, 7) is 2.23. The molecule has 3 heterocycles. The first-order valence-electron chi connectivity index (χ1n) is 8.53. The van der Waals surface area contributed by atoms with Crippen molar-refractivity contribution >= 4 is 17.6 Å². The summed E-state index contributed by atoms with van der Waals surface area (Å²) in [5, 5.41) is 10.4. The van der Waals surface area contributed by atoms with Crippen LogP contribution in [0.4, 0.5) is 5.82 Å². The van der Waals surface area contributed by atoms with Crippen LogP contribution < -0.4 is 10.6 Å². The third-order valence-corrected chi connectivity index (χ3v) is 4.89. The maximum atomic E-state index is 12.9. The molecule has 3 N–H and O–H groups in total. The molecule has 2 aliphatic heterocycles. The molecule has 1 atom stereocenters. The first-order valence-corrected chi connectivity index (χ1v) is 8.53. The molecule has 0 radical (unpaired) electrons. The Hall–Kier alpha value is -2.15. The Bertz CT molecular complexity index is 630. The molecule has 3 rings (SSSR count). The number of nitrogens with zero attached hydrogens (tertiary/aromatic N) is 3. The maximum absolute atomic E-state index is 12.9. The normalized spacial score (nSPS) is 24.7. The van der Waals surface area contributed by atoms with Gasteiger partial charge in [-0.2, -0.15) is 0 Å². The van der Waals surface area contributed by atoms with Gasteiger partial charge in [0, 0.05) is 25.8 Å². The average Bonchev–Trinajstić information content (AvgIpc) is 2.62. The van der Waals surface area contributed by atoms with Crippen molar-refractivity contribution < 1.29 is 14.7 Å². The zero-order valence-corrected chi connectivity index (χ0v) is 13.8. The summed E-state index contributed by atoms with van der Waals surface area (Å²) in [5.74, 6) is -0.245. The first kappa shape index (κ1) is 16.7. The predicted molar refractivity (Wildman–Crippen MR) is 89.6 cm³/mol. The Morgan fingerprint density at radius 3 is 2.62 bits per heavy atom. The number of primary amides is 1. The van der Waals surface area contributed by atoms with Gasteiger partial charge in [-0.3, -0.25) is 9.59 Å². The second-order valence-corrected chi connectivity index (χ2v) is 6.65. The van der Waals surface area contributed by atoms with Crippen LogP contribution in [0.15, 0.2) is 18.3 Å². The van der Waals surface area contributed by atoms with Crippen LogP contribution in [-0.2, 0) is 4.79 Å². The molecule has 130 valence electrons. The van der Waals surface area contributed by atoms with Gasteiger partial charge in [0.1, 0.15) is 5.82 Å². The molecule has 2 aliphatic rings. The minimum atomic E-state index is -1.57. The minimum Gasteiger partial charge on any atom is -0.378 e. The molecule has 2 amide bonds. The van der Waals surface area contributed by atoms with Crippen molar-refractivity contribution in [2.24, 2.45) is 5.73 Å². The molecule has 0 aromatic carbocycles. The molecule has 0 unspecified atom stereocenters. The standard InChI is InChI=1S/C17H24N4O3/c18-16(23)17(24)7-5-11-21(12-17)14-13(6-4-8-19-14)15(22)20-9-2-1-3-10-20/h4,6,8,24H,1-3,5,7,9-12H2,(H2,18,23)/t17-/m0/s1. The Morgan fingerprint density at radius 2 is 1.92 bits per heavy atom. The van der Waals surface area contributed by atoms with Gasteiger partial charge >= 0.3 is 0 Å². The number of anilines is 1. The van der Waals surface area contributed by atoms with E-state index in [1.807, 2.05) is 4.90 Å². The highest BCUT2D eigenvalue weighted by Gasteiger charge is 2.40. The van der Waals surface area contributed by atoms with Crippen molar-refractivity contribution in [3.05, 3.63) is 23.9 Å². The van der Waals surface area contributed by atoms with Crippen molar-refractivity contribution in [1.82, 2.24) is 9.88 Å². The highest BCUT2D eigenvalue weighted by atomic mass is 16.3. The lowest BCUT2D eigenvalue weighted by molar-refractivity contribution is -0.137. The quantitative estimate of drug-likeness (QED) is 0.841. The SMILES string of the molecule is NC(=O)[C@]1(O)CCCN(c2ncccc2C(=O)N2CCCCC2)C1. The number of carbonyl (C=O) groups excluding carboxylic acids is 2. The highest BCUT2D eigenvalue weighted by Crippen LogP contribution is 2.28. The van der Waals surface area contributed by atoms with Crippen molar-refractivity contribution in [3.63, 3.8) is 0 Å². The minimum absolute atomic E-state index is 0.0361. The van der Waals surface area contributed by atoms with E-state index >= 15 is 0 Å². The van der Waals surface area contributed by atoms with Crippen LogP contribution in [0.25, 0.3) is 0 Å². The largest absolute Gasteiger partial charge is 0.378 e. The van der Waals surface area contributed by atoms with Gasteiger partial charge in [-0.15, -0.1) is 0 Å². The van der Waals surface area contributed by atoms with Crippen molar-refractivity contribution in [1.29, 1.82) is 0 Å². The number of carbonyl (C=O) groups is 2. The van der Waals surface area contributed by atoms with E-state index in [4.69, 9.17) is 5.73 Å². The summed E-state index contributed by atoms with van der Waals surface area (Å²) < 4.78 is 0. The number of likely N-dealkylation sites (tertiary alicyclic amines) is 1. The van der Waals surface area contributed by atoms with E-state index in [0.717, 1.165) is 32.4 Å². The number of aliphatic hydroxyl groups is 1. The summed E-state index contributed by atoms with van der Waals surface area (Å²) in [4.78, 5) is 32.4. The van der Waals surface area contributed by atoms with Crippen LogP contribution in [0.2, 0.25) is 0 Å². The number of amides is 2. The van der Waals surface area contributed by atoms with Gasteiger partial charge in [-0.25, -0.2) is 4.98 Å². The Kier molecular flexibility index (Phi) is 4.71. The molecule has 1 aromatic rings. The number of hydrogen-bond acceptors (Lipinski definition) is 5. The predicted octanol–water partition coefficient (Wildman–Crippen LogP) is 0.524. The molecule has 0 aliphatic carbocycles. The molecule has 24 heavy (non-hydrogen) atoms. The van der Waals surface area contributed by atoms with Gasteiger partial charge in [0.2, 0.25) is 0 Å². The fourth-order valence-electron chi connectivity index (χ4n) is 3.50. The van der Waals surface area contributed by atoms with Crippen LogP contribution in [0, 0.1) is 0 Å². The Labute approximate surface area is 141 Å². The lowest BCUT2D eigenvalue weighted by Crippen LogP contribution is -2.56. The summed E-state index contributed by atoms with van der Waals surface area (Å²) >= 11 is 0. The first-order chi connectivity index (χ1) is 11.5. The molecule has 2 fully saturated rings. The van der Waals surface area contributed by atoms with E-state index in [1.54, 1.807) is 23.2 Å². The highest BCUT2D eigenvalue weighted by molar-refractivity contribution is 5.99. The number of rotatable bonds is 3. The van der Waals surface area contributed by atoms with Crippen LogP contribution in [0.1, 0.15) is 42.5 Å². The van der Waals surface area contributed by atoms with E-state index in [9.17, 15) is 14.7 Å². The van der Waals surface area contributed by atoms with Crippen molar-refractivity contribution in [2.45, 2.75) is 37.7 Å². The molecule has 0 saturated carbocycles. The van der Waals surface area contributed by atoms with E-state index in [0.29, 0.717) is 30.8 Å². The number of β-amino-alcohol motifs (C(OH)–C–C–N with tert-alkyl or cyclic N) is 1. The Balaban J connectivity index is 1.86. The monoisotopic (exact) mass is 332 g/mol. The second-order valence-electron chi connectivity index (χ2n) is 6.65. The molecule has 0 spiro atoms. The van der Waals surface area contributed by atoms with Crippen LogP contribution in [-0.4, -0.2) is 58.6 Å². The third kappa shape index (κ3) is 3.21. The molecule has 7 nitrogen and oxygen atoms in total. The fraction of sp³-hybridized carbons (Fsp3) is 0.588. The summed E-state index contributed by atoms with van der Waals surface area (Å²) in [6.07, 6.45) is 5.77. The fourth-order valence-corrected chi connectivity index (χ4v) is 3.50. The molecular formula is C17H24N4O3. The van der Waals surface area contributed by atoms with E-state index in [1.165, 1.54) is 0 Å². The smallest absolute Gasteiger partial charge is 0.257 e. The number of piperidine rings is 2. The van der Waals surface area contributed by atoms with Gasteiger partial charge in [0.25, 0.3) is 11.8 Å². The molecule has 7 heteroatoms.